The van der Waals surface area contributed by atoms with Crippen molar-refractivity contribution in [3.05, 3.63) is 30.3 Å². The Balaban J connectivity index is 2.14. The molecule has 1 atom stereocenters. The Morgan fingerprint density at radius 3 is 2.18 bits per heavy atom. The van der Waals surface area contributed by atoms with Crippen LogP contribution in [0.1, 0.15) is 71.6 Å². The summed E-state index contributed by atoms with van der Waals surface area (Å²) in [5.74, 6) is 0.958. The largest absolute Gasteiger partial charge is 0.478 e. The molecule has 0 radical (unpaired) electrons. The number of para-hydroxylation sites is 1. The Hall–Kier alpha value is -1.02. The molecule has 0 spiro atoms. The lowest BCUT2D eigenvalue weighted by Gasteiger charge is -2.27. The van der Waals surface area contributed by atoms with Gasteiger partial charge in [0.05, 0.1) is 0 Å². The molecular formula is C20H35NO. The van der Waals surface area contributed by atoms with Crippen molar-refractivity contribution >= 4 is 0 Å². The van der Waals surface area contributed by atoms with Crippen LogP contribution in [0.15, 0.2) is 30.3 Å². The molecule has 2 nitrogen and oxygen atoms in total. The smallest absolute Gasteiger partial charge is 0.142 e. The van der Waals surface area contributed by atoms with Crippen molar-refractivity contribution in [2.75, 3.05) is 13.8 Å². The Morgan fingerprint density at radius 2 is 1.55 bits per heavy atom. The average Bonchev–Trinajstić information content (AvgIpc) is 2.56. The first-order chi connectivity index (χ1) is 10.8. The molecule has 0 aliphatic carbocycles. The molecule has 0 aromatic heterocycles. The van der Waals surface area contributed by atoms with Gasteiger partial charge in [0.25, 0.3) is 0 Å². The number of hydrogen-bond donors (Lipinski definition) is 0. The zero-order chi connectivity index (χ0) is 16.0. The number of rotatable bonds is 13. The Bertz CT molecular complexity index is 352. The molecule has 0 aliphatic heterocycles. The van der Waals surface area contributed by atoms with Crippen molar-refractivity contribution in [2.24, 2.45) is 0 Å². The van der Waals surface area contributed by atoms with Gasteiger partial charge in [-0.1, -0.05) is 77.0 Å². The number of hydrogen-bond acceptors (Lipinski definition) is 2. The highest BCUT2D eigenvalue weighted by Crippen LogP contribution is 2.15. The van der Waals surface area contributed by atoms with Crippen LogP contribution in [-0.4, -0.2) is 24.7 Å². The summed E-state index contributed by atoms with van der Waals surface area (Å²) >= 11 is 0. The molecule has 1 aromatic carbocycles. The van der Waals surface area contributed by atoms with Gasteiger partial charge in [-0.3, -0.25) is 4.90 Å². The highest BCUT2D eigenvalue weighted by Gasteiger charge is 2.12. The van der Waals surface area contributed by atoms with Crippen LogP contribution in [0, 0.1) is 0 Å². The first-order valence-corrected chi connectivity index (χ1v) is 9.16. The molecule has 126 valence electrons. The van der Waals surface area contributed by atoms with Gasteiger partial charge < -0.3 is 4.74 Å². The number of nitrogens with zero attached hydrogens (tertiary/aromatic N) is 1. The highest BCUT2D eigenvalue weighted by molar-refractivity contribution is 5.20. The lowest BCUT2D eigenvalue weighted by Crippen LogP contribution is -2.34. The molecule has 0 saturated heterocycles. The molecular weight excluding hydrogens is 270 g/mol. The van der Waals surface area contributed by atoms with Crippen molar-refractivity contribution < 1.29 is 4.74 Å². The molecule has 0 saturated carbocycles. The molecule has 2 heteroatoms. The fraction of sp³-hybridized carbons (Fsp3) is 0.700. The van der Waals surface area contributed by atoms with Gasteiger partial charge in [-0.05, 0) is 32.0 Å². The van der Waals surface area contributed by atoms with Gasteiger partial charge in [-0.25, -0.2) is 0 Å². The third kappa shape index (κ3) is 8.43. The van der Waals surface area contributed by atoms with Gasteiger partial charge >= 0.3 is 0 Å². The van der Waals surface area contributed by atoms with Crippen LogP contribution < -0.4 is 4.74 Å². The van der Waals surface area contributed by atoms with E-state index in [1.165, 1.54) is 57.8 Å². The fourth-order valence-corrected chi connectivity index (χ4v) is 2.87. The maximum Gasteiger partial charge on any atom is 0.142 e. The van der Waals surface area contributed by atoms with Crippen LogP contribution >= 0.6 is 0 Å². The van der Waals surface area contributed by atoms with E-state index < -0.39 is 0 Å². The van der Waals surface area contributed by atoms with E-state index in [0.29, 0.717) is 12.8 Å². The predicted molar refractivity (Wildman–Crippen MR) is 96.4 cm³/mol. The summed E-state index contributed by atoms with van der Waals surface area (Å²) in [6, 6.07) is 10.7. The monoisotopic (exact) mass is 305 g/mol. The summed E-state index contributed by atoms with van der Waals surface area (Å²) in [6.07, 6.45) is 12.2. The van der Waals surface area contributed by atoms with E-state index in [2.05, 4.69) is 25.8 Å². The first kappa shape index (κ1) is 19.0. The topological polar surface area (TPSA) is 12.5 Å². The standard InChI is InChI=1S/C20H35NO/c1-4-6-7-8-9-10-12-15-19(5-2)21(3)18-22-20-16-13-11-14-17-20/h11,13-14,16-17,19H,4-10,12,15,18H2,1-3H3. The molecule has 0 N–H and O–H groups in total. The molecule has 0 heterocycles. The van der Waals surface area contributed by atoms with Crippen LogP contribution in [0.25, 0.3) is 0 Å². The summed E-state index contributed by atoms with van der Waals surface area (Å²) in [4.78, 5) is 2.35. The third-order valence-electron chi connectivity index (χ3n) is 4.41. The van der Waals surface area contributed by atoms with Crippen molar-refractivity contribution in [1.29, 1.82) is 0 Å². The van der Waals surface area contributed by atoms with Crippen LogP contribution in [0.4, 0.5) is 0 Å². The Kier molecular flexibility index (Phi) is 10.8. The number of unbranched alkanes of at least 4 members (excludes halogenated alkanes) is 6. The van der Waals surface area contributed by atoms with Crippen molar-refractivity contribution in [3.8, 4) is 5.75 Å². The summed E-state index contributed by atoms with van der Waals surface area (Å²) < 4.78 is 5.85. The van der Waals surface area contributed by atoms with Crippen LogP contribution in [0.2, 0.25) is 0 Å². The maximum absolute atomic E-state index is 5.85. The summed E-state index contributed by atoms with van der Waals surface area (Å²) in [5, 5.41) is 0. The predicted octanol–water partition coefficient (Wildman–Crippen LogP) is 5.87. The molecule has 0 bridgehead atoms. The van der Waals surface area contributed by atoms with Gasteiger partial charge in [-0.2, -0.15) is 0 Å². The number of ether oxygens (including phenoxy) is 1. The zero-order valence-electron chi connectivity index (χ0n) is 14.9. The second-order valence-corrected chi connectivity index (χ2v) is 6.32. The Labute approximate surface area is 137 Å². The Morgan fingerprint density at radius 1 is 0.909 bits per heavy atom. The maximum atomic E-state index is 5.85. The lowest BCUT2D eigenvalue weighted by atomic mass is 10.0. The van der Waals surface area contributed by atoms with Crippen molar-refractivity contribution in [2.45, 2.75) is 77.7 Å². The molecule has 22 heavy (non-hydrogen) atoms. The van der Waals surface area contributed by atoms with Gasteiger partial charge in [0, 0.05) is 6.04 Å². The van der Waals surface area contributed by atoms with Crippen LogP contribution in [-0.2, 0) is 0 Å². The second-order valence-electron chi connectivity index (χ2n) is 6.32. The molecule has 1 rings (SSSR count). The van der Waals surface area contributed by atoms with Crippen molar-refractivity contribution in [1.82, 2.24) is 4.90 Å². The van der Waals surface area contributed by atoms with E-state index in [4.69, 9.17) is 4.74 Å². The van der Waals surface area contributed by atoms with E-state index >= 15 is 0 Å². The SMILES string of the molecule is CCCCCCCCCC(CC)N(C)COc1ccccc1. The molecule has 1 aromatic rings. The average molecular weight is 306 g/mol. The molecule has 0 amide bonds. The van der Waals surface area contributed by atoms with Gasteiger partial charge in [-0.15, -0.1) is 0 Å². The minimum atomic E-state index is 0.638. The number of benzene rings is 1. The second kappa shape index (κ2) is 12.5. The van der Waals surface area contributed by atoms with Gasteiger partial charge in [0.2, 0.25) is 0 Å². The van der Waals surface area contributed by atoms with E-state index in [1.54, 1.807) is 0 Å². The minimum absolute atomic E-state index is 0.638. The summed E-state index contributed by atoms with van der Waals surface area (Å²) in [5.41, 5.74) is 0. The minimum Gasteiger partial charge on any atom is -0.478 e. The van der Waals surface area contributed by atoms with E-state index in [0.717, 1.165) is 5.75 Å². The van der Waals surface area contributed by atoms with E-state index in [-0.39, 0.29) is 0 Å². The molecule has 0 aliphatic rings. The van der Waals surface area contributed by atoms with E-state index in [9.17, 15) is 0 Å². The highest BCUT2D eigenvalue weighted by atomic mass is 16.5. The summed E-state index contributed by atoms with van der Waals surface area (Å²) in [7, 11) is 2.18. The fourth-order valence-electron chi connectivity index (χ4n) is 2.87. The molecule has 1 unspecified atom stereocenters. The van der Waals surface area contributed by atoms with Crippen LogP contribution in [0.5, 0.6) is 5.75 Å². The van der Waals surface area contributed by atoms with E-state index in [1.807, 2.05) is 30.3 Å². The quantitative estimate of drug-likeness (QED) is 0.333. The van der Waals surface area contributed by atoms with Gasteiger partial charge in [0.15, 0.2) is 0 Å². The van der Waals surface area contributed by atoms with Crippen molar-refractivity contribution in [3.63, 3.8) is 0 Å². The lowest BCUT2D eigenvalue weighted by molar-refractivity contribution is 0.102. The zero-order valence-corrected chi connectivity index (χ0v) is 14.9. The van der Waals surface area contributed by atoms with Crippen LogP contribution in [0.3, 0.4) is 0 Å². The third-order valence-corrected chi connectivity index (χ3v) is 4.41. The van der Waals surface area contributed by atoms with Gasteiger partial charge in [0.1, 0.15) is 12.5 Å². The normalized spacial score (nSPS) is 12.5. The summed E-state index contributed by atoms with van der Waals surface area (Å²) in [6.45, 7) is 5.24. The first-order valence-electron chi connectivity index (χ1n) is 9.16. The molecule has 0 fully saturated rings.